The SMILES string of the molecule is CCc1noc(CCCC(=O)NC(CCCc2ccccc2)c2ccccc2)n1. The molecule has 1 unspecified atom stereocenters. The van der Waals surface area contributed by atoms with Gasteiger partial charge in [-0.2, -0.15) is 4.98 Å². The monoisotopic (exact) mass is 391 g/mol. The first kappa shape index (κ1) is 20.8. The van der Waals surface area contributed by atoms with Crippen LogP contribution in [-0.4, -0.2) is 16.0 Å². The first-order valence-electron chi connectivity index (χ1n) is 10.4. The van der Waals surface area contributed by atoms with Crippen molar-refractivity contribution in [2.75, 3.05) is 0 Å². The van der Waals surface area contributed by atoms with E-state index in [-0.39, 0.29) is 11.9 Å². The number of amides is 1. The van der Waals surface area contributed by atoms with Crippen LogP contribution in [0.25, 0.3) is 0 Å². The van der Waals surface area contributed by atoms with E-state index in [4.69, 9.17) is 4.52 Å². The molecule has 1 N–H and O–H groups in total. The standard InChI is InChI=1S/C24H29N3O2/c1-2-22-26-24(29-27-22)18-10-17-23(28)25-21(20-14-7-4-8-15-20)16-9-13-19-11-5-3-6-12-19/h3-8,11-12,14-15,21H,2,9-10,13,16-18H2,1H3,(H,25,28). The van der Waals surface area contributed by atoms with E-state index in [0.717, 1.165) is 31.2 Å². The minimum Gasteiger partial charge on any atom is -0.349 e. The molecule has 0 saturated heterocycles. The van der Waals surface area contributed by atoms with Crippen molar-refractivity contribution >= 4 is 5.91 Å². The van der Waals surface area contributed by atoms with Crippen molar-refractivity contribution in [3.05, 3.63) is 83.5 Å². The number of rotatable bonds is 11. The van der Waals surface area contributed by atoms with Crippen LogP contribution in [0.15, 0.2) is 65.2 Å². The van der Waals surface area contributed by atoms with Gasteiger partial charge in [0.05, 0.1) is 6.04 Å². The summed E-state index contributed by atoms with van der Waals surface area (Å²) >= 11 is 0. The topological polar surface area (TPSA) is 68.0 Å². The minimum atomic E-state index is 0.0301. The zero-order chi connectivity index (χ0) is 20.3. The maximum atomic E-state index is 12.5. The Morgan fingerprint density at radius 3 is 2.41 bits per heavy atom. The Kier molecular flexibility index (Phi) is 7.99. The van der Waals surface area contributed by atoms with E-state index < -0.39 is 0 Å². The molecule has 0 spiro atoms. The first-order chi connectivity index (χ1) is 14.2. The lowest BCUT2D eigenvalue weighted by Gasteiger charge is -2.19. The molecule has 0 bridgehead atoms. The third kappa shape index (κ3) is 6.86. The van der Waals surface area contributed by atoms with Crippen LogP contribution >= 0.6 is 0 Å². The molecule has 5 heteroatoms. The Labute approximate surface area is 172 Å². The largest absolute Gasteiger partial charge is 0.349 e. The van der Waals surface area contributed by atoms with Crippen LogP contribution in [0.2, 0.25) is 0 Å². The Balaban J connectivity index is 1.49. The number of aryl methyl sites for hydroxylation is 3. The quantitative estimate of drug-likeness (QED) is 0.508. The average Bonchev–Trinajstić information content (AvgIpc) is 3.22. The predicted molar refractivity (Wildman–Crippen MR) is 113 cm³/mol. The van der Waals surface area contributed by atoms with Crippen molar-refractivity contribution in [2.45, 2.75) is 57.9 Å². The highest BCUT2D eigenvalue weighted by atomic mass is 16.5. The fourth-order valence-electron chi connectivity index (χ4n) is 3.36. The fraction of sp³-hybridized carbons (Fsp3) is 0.375. The summed E-state index contributed by atoms with van der Waals surface area (Å²) < 4.78 is 5.19. The molecule has 3 aromatic rings. The average molecular weight is 392 g/mol. The van der Waals surface area contributed by atoms with Crippen LogP contribution in [0.3, 0.4) is 0 Å². The third-order valence-corrected chi connectivity index (χ3v) is 4.96. The molecular formula is C24H29N3O2. The van der Waals surface area contributed by atoms with E-state index in [9.17, 15) is 4.79 Å². The number of hydrogen-bond acceptors (Lipinski definition) is 4. The second-order valence-electron chi connectivity index (χ2n) is 7.22. The van der Waals surface area contributed by atoms with Crippen LogP contribution in [-0.2, 0) is 24.1 Å². The number of benzene rings is 2. The Morgan fingerprint density at radius 2 is 1.72 bits per heavy atom. The number of carbonyl (C=O) groups excluding carboxylic acids is 1. The van der Waals surface area contributed by atoms with Gasteiger partial charge in [0.25, 0.3) is 0 Å². The predicted octanol–water partition coefficient (Wildman–Crippen LogP) is 4.84. The van der Waals surface area contributed by atoms with E-state index in [1.807, 2.05) is 31.2 Å². The van der Waals surface area contributed by atoms with Gasteiger partial charge in [-0.3, -0.25) is 4.79 Å². The number of nitrogens with zero attached hydrogens (tertiary/aromatic N) is 2. The van der Waals surface area contributed by atoms with Gasteiger partial charge in [0, 0.05) is 19.3 Å². The molecule has 0 radical (unpaired) electrons. The first-order valence-corrected chi connectivity index (χ1v) is 10.4. The Bertz CT molecular complexity index is 862. The molecule has 29 heavy (non-hydrogen) atoms. The highest BCUT2D eigenvalue weighted by molar-refractivity contribution is 5.76. The lowest BCUT2D eigenvalue weighted by atomic mass is 9.98. The summed E-state index contributed by atoms with van der Waals surface area (Å²) in [7, 11) is 0. The number of hydrogen-bond donors (Lipinski definition) is 1. The summed E-state index contributed by atoms with van der Waals surface area (Å²) in [5.41, 5.74) is 2.48. The summed E-state index contributed by atoms with van der Waals surface area (Å²) in [6.45, 7) is 1.99. The fourth-order valence-corrected chi connectivity index (χ4v) is 3.36. The number of aromatic nitrogens is 2. The van der Waals surface area contributed by atoms with Gasteiger partial charge in [0.15, 0.2) is 5.82 Å². The zero-order valence-electron chi connectivity index (χ0n) is 17.0. The van der Waals surface area contributed by atoms with Gasteiger partial charge in [0.2, 0.25) is 11.8 Å². The van der Waals surface area contributed by atoms with Gasteiger partial charge < -0.3 is 9.84 Å². The molecule has 0 saturated carbocycles. The van der Waals surface area contributed by atoms with Gasteiger partial charge in [0.1, 0.15) is 0 Å². The second-order valence-corrected chi connectivity index (χ2v) is 7.22. The maximum absolute atomic E-state index is 12.5. The van der Waals surface area contributed by atoms with Crippen molar-refractivity contribution in [2.24, 2.45) is 0 Å². The summed E-state index contributed by atoms with van der Waals surface area (Å²) in [4.78, 5) is 16.8. The molecule has 0 aliphatic rings. The van der Waals surface area contributed by atoms with Crippen molar-refractivity contribution in [1.82, 2.24) is 15.5 Å². The number of nitrogens with one attached hydrogen (secondary N) is 1. The van der Waals surface area contributed by atoms with Gasteiger partial charge in [-0.15, -0.1) is 0 Å². The Morgan fingerprint density at radius 1 is 1.00 bits per heavy atom. The second kappa shape index (κ2) is 11.1. The highest BCUT2D eigenvalue weighted by Crippen LogP contribution is 2.20. The molecular weight excluding hydrogens is 362 g/mol. The van der Waals surface area contributed by atoms with E-state index in [0.29, 0.717) is 31.0 Å². The zero-order valence-corrected chi connectivity index (χ0v) is 17.0. The van der Waals surface area contributed by atoms with Crippen molar-refractivity contribution in [3.8, 4) is 0 Å². The van der Waals surface area contributed by atoms with Crippen LogP contribution in [0.1, 0.15) is 61.5 Å². The molecule has 5 nitrogen and oxygen atoms in total. The lowest BCUT2D eigenvalue weighted by Crippen LogP contribution is -2.28. The van der Waals surface area contributed by atoms with E-state index in [1.165, 1.54) is 5.56 Å². The molecule has 152 valence electrons. The van der Waals surface area contributed by atoms with Crippen LogP contribution in [0.5, 0.6) is 0 Å². The van der Waals surface area contributed by atoms with Crippen molar-refractivity contribution in [3.63, 3.8) is 0 Å². The molecule has 0 aliphatic carbocycles. The molecule has 0 fully saturated rings. The highest BCUT2D eigenvalue weighted by Gasteiger charge is 2.15. The van der Waals surface area contributed by atoms with Crippen LogP contribution < -0.4 is 5.32 Å². The van der Waals surface area contributed by atoms with E-state index in [1.54, 1.807) is 0 Å². The molecule has 1 atom stereocenters. The van der Waals surface area contributed by atoms with Gasteiger partial charge in [-0.25, -0.2) is 0 Å². The number of carbonyl (C=O) groups is 1. The third-order valence-electron chi connectivity index (χ3n) is 4.96. The van der Waals surface area contributed by atoms with Crippen LogP contribution in [0, 0.1) is 0 Å². The van der Waals surface area contributed by atoms with Crippen LogP contribution in [0.4, 0.5) is 0 Å². The summed E-state index contributed by atoms with van der Waals surface area (Å²) in [6, 6.07) is 20.7. The van der Waals surface area contributed by atoms with Crippen molar-refractivity contribution < 1.29 is 9.32 Å². The van der Waals surface area contributed by atoms with Gasteiger partial charge in [-0.1, -0.05) is 72.7 Å². The normalized spacial score (nSPS) is 11.9. The minimum absolute atomic E-state index is 0.0301. The molecule has 2 aromatic carbocycles. The van der Waals surface area contributed by atoms with E-state index >= 15 is 0 Å². The molecule has 0 aliphatic heterocycles. The molecule has 3 rings (SSSR count). The summed E-state index contributed by atoms with van der Waals surface area (Å²) in [5.74, 6) is 1.39. The van der Waals surface area contributed by atoms with Crippen molar-refractivity contribution in [1.29, 1.82) is 0 Å². The van der Waals surface area contributed by atoms with Gasteiger partial charge in [-0.05, 0) is 36.8 Å². The molecule has 1 amide bonds. The smallest absolute Gasteiger partial charge is 0.226 e. The summed E-state index contributed by atoms with van der Waals surface area (Å²) in [6.07, 6.45) is 5.47. The molecule has 1 heterocycles. The summed E-state index contributed by atoms with van der Waals surface area (Å²) in [5, 5.41) is 7.11. The van der Waals surface area contributed by atoms with Gasteiger partial charge >= 0.3 is 0 Å². The molecule has 1 aromatic heterocycles. The Hall–Kier alpha value is -2.95. The maximum Gasteiger partial charge on any atom is 0.226 e. The lowest BCUT2D eigenvalue weighted by molar-refractivity contribution is -0.122. The van der Waals surface area contributed by atoms with E-state index in [2.05, 4.69) is 51.9 Å².